The lowest BCUT2D eigenvalue weighted by Crippen LogP contribution is -2.01. The standard InChI is InChI=1S/C12H10N2O4/c1-17-8-2-4-9(5-3-8)18-11-7-13-10(6-14-11)12(15)16/h2-7H,1H3,(H,15,16). The van der Waals surface area contributed by atoms with E-state index < -0.39 is 5.97 Å². The summed E-state index contributed by atoms with van der Waals surface area (Å²) >= 11 is 0. The molecule has 0 radical (unpaired) electrons. The molecule has 1 N–H and O–H groups in total. The third kappa shape index (κ3) is 2.73. The number of carboxylic acids is 1. The van der Waals surface area contributed by atoms with Crippen molar-refractivity contribution in [1.82, 2.24) is 9.97 Å². The van der Waals surface area contributed by atoms with Crippen molar-refractivity contribution in [3.8, 4) is 17.4 Å². The van der Waals surface area contributed by atoms with Crippen LogP contribution in [0.5, 0.6) is 17.4 Å². The molecule has 1 aromatic carbocycles. The highest BCUT2D eigenvalue weighted by Crippen LogP contribution is 2.21. The van der Waals surface area contributed by atoms with Gasteiger partial charge in [0.15, 0.2) is 5.69 Å². The molecule has 0 aliphatic heterocycles. The minimum Gasteiger partial charge on any atom is -0.497 e. The Morgan fingerprint density at radius 2 is 1.78 bits per heavy atom. The maximum atomic E-state index is 10.6. The third-order valence-corrected chi connectivity index (χ3v) is 2.13. The van der Waals surface area contributed by atoms with Crippen molar-refractivity contribution in [2.45, 2.75) is 0 Å². The number of aromatic carboxylic acids is 1. The van der Waals surface area contributed by atoms with Gasteiger partial charge in [-0.2, -0.15) is 0 Å². The molecule has 0 saturated heterocycles. The highest BCUT2D eigenvalue weighted by Gasteiger charge is 2.06. The summed E-state index contributed by atoms with van der Waals surface area (Å²) in [7, 11) is 1.58. The van der Waals surface area contributed by atoms with Crippen molar-refractivity contribution in [3.05, 3.63) is 42.4 Å². The Labute approximate surface area is 103 Å². The molecule has 2 aromatic rings. The van der Waals surface area contributed by atoms with Gasteiger partial charge in [0.25, 0.3) is 0 Å². The first-order chi connectivity index (χ1) is 8.69. The van der Waals surface area contributed by atoms with Crippen molar-refractivity contribution in [3.63, 3.8) is 0 Å². The lowest BCUT2D eigenvalue weighted by molar-refractivity contribution is 0.0690. The second-order valence-electron chi connectivity index (χ2n) is 3.32. The number of carboxylic acid groups (broad SMARTS) is 1. The number of ether oxygens (including phenoxy) is 2. The molecule has 0 atom stereocenters. The average Bonchev–Trinajstić information content (AvgIpc) is 2.40. The predicted octanol–water partition coefficient (Wildman–Crippen LogP) is 1.98. The molecule has 6 heteroatoms. The van der Waals surface area contributed by atoms with Crippen LogP contribution in [0, 0.1) is 0 Å². The van der Waals surface area contributed by atoms with E-state index in [1.54, 1.807) is 31.4 Å². The van der Waals surface area contributed by atoms with Gasteiger partial charge in [-0.05, 0) is 24.3 Å². The quantitative estimate of drug-likeness (QED) is 0.888. The number of nitrogens with zero attached hydrogens (tertiary/aromatic N) is 2. The number of aromatic nitrogens is 2. The minimum absolute atomic E-state index is 0.128. The van der Waals surface area contributed by atoms with Crippen LogP contribution in [0.4, 0.5) is 0 Å². The summed E-state index contributed by atoms with van der Waals surface area (Å²) < 4.78 is 10.4. The van der Waals surface area contributed by atoms with E-state index in [-0.39, 0.29) is 11.6 Å². The molecule has 1 aromatic heterocycles. The van der Waals surface area contributed by atoms with Crippen LogP contribution >= 0.6 is 0 Å². The van der Waals surface area contributed by atoms with Gasteiger partial charge < -0.3 is 14.6 Å². The van der Waals surface area contributed by atoms with Crippen LogP contribution in [0.3, 0.4) is 0 Å². The molecule has 0 amide bonds. The van der Waals surface area contributed by atoms with E-state index in [1.165, 1.54) is 6.20 Å². The predicted molar refractivity (Wildman–Crippen MR) is 62.1 cm³/mol. The second-order valence-corrected chi connectivity index (χ2v) is 3.32. The SMILES string of the molecule is COc1ccc(Oc2cnc(C(=O)O)cn2)cc1. The molecule has 0 unspecified atom stereocenters. The summed E-state index contributed by atoms with van der Waals surface area (Å²) in [6.45, 7) is 0. The molecule has 0 aliphatic carbocycles. The summed E-state index contributed by atoms with van der Waals surface area (Å²) in [5.41, 5.74) is -0.128. The molecule has 92 valence electrons. The van der Waals surface area contributed by atoms with Crippen LogP contribution in [0.1, 0.15) is 10.5 Å². The van der Waals surface area contributed by atoms with E-state index in [4.69, 9.17) is 14.6 Å². The van der Waals surface area contributed by atoms with Gasteiger partial charge >= 0.3 is 5.97 Å². The normalized spacial score (nSPS) is 9.83. The van der Waals surface area contributed by atoms with Crippen molar-refractivity contribution in [2.24, 2.45) is 0 Å². The van der Waals surface area contributed by atoms with Crippen LogP contribution in [0.25, 0.3) is 0 Å². The van der Waals surface area contributed by atoms with Crippen molar-refractivity contribution >= 4 is 5.97 Å². The Balaban J connectivity index is 2.10. The van der Waals surface area contributed by atoms with Gasteiger partial charge in [-0.15, -0.1) is 0 Å². The van der Waals surface area contributed by atoms with Gasteiger partial charge in [-0.3, -0.25) is 0 Å². The van der Waals surface area contributed by atoms with Crippen molar-refractivity contribution in [2.75, 3.05) is 7.11 Å². The summed E-state index contributed by atoms with van der Waals surface area (Å²) in [5.74, 6) is 0.381. The summed E-state index contributed by atoms with van der Waals surface area (Å²) in [5, 5.41) is 8.67. The summed E-state index contributed by atoms with van der Waals surface area (Å²) in [6, 6.07) is 6.92. The fourth-order valence-corrected chi connectivity index (χ4v) is 1.24. The fraction of sp³-hybridized carbons (Fsp3) is 0.0833. The van der Waals surface area contributed by atoms with Gasteiger partial charge in [0.1, 0.15) is 11.5 Å². The Bertz CT molecular complexity index is 537. The van der Waals surface area contributed by atoms with E-state index in [0.717, 1.165) is 11.9 Å². The maximum absolute atomic E-state index is 10.6. The lowest BCUT2D eigenvalue weighted by Gasteiger charge is -2.05. The molecule has 0 saturated carbocycles. The molecule has 0 fully saturated rings. The topological polar surface area (TPSA) is 81.5 Å². The lowest BCUT2D eigenvalue weighted by atomic mass is 10.3. The largest absolute Gasteiger partial charge is 0.497 e. The second kappa shape index (κ2) is 5.13. The number of rotatable bonds is 4. The molecule has 2 rings (SSSR count). The van der Waals surface area contributed by atoms with E-state index in [9.17, 15) is 4.79 Å². The van der Waals surface area contributed by atoms with E-state index in [1.807, 2.05) is 0 Å². The van der Waals surface area contributed by atoms with Crippen molar-refractivity contribution in [1.29, 1.82) is 0 Å². The highest BCUT2D eigenvalue weighted by molar-refractivity contribution is 5.84. The molecular weight excluding hydrogens is 236 g/mol. The van der Waals surface area contributed by atoms with Crippen LogP contribution in [0.15, 0.2) is 36.7 Å². The minimum atomic E-state index is -1.13. The van der Waals surface area contributed by atoms with Crippen LogP contribution in [-0.2, 0) is 0 Å². The molecule has 0 aliphatic rings. The number of hydrogen-bond acceptors (Lipinski definition) is 5. The first kappa shape index (κ1) is 11.8. The highest BCUT2D eigenvalue weighted by atomic mass is 16.5. The Hall–Kier alpha value is -2.63. The average molecular weight is 246 g/mol. The Morgan fingerprint density at radius 3 is 2.28 bits per heavy atom. The molecular formula is C12H10N2O4. The maximum Gasteiger partial charge on any atom is 0.356 e. The van der Waals surface area contributed by atoms with Gasteiger partial charge in [-0.25, -0.2) is 14.8 Å². The number of benzene rings is 1. The summed E-state index contributed by atoms with van der Waals surface area (Å²) in [6.07, 6.45) is 2.40. The number of hydrogen-bond donors (Lipinski definition) is 1. The molecule has 0 spiro atoms. The first-order valence-electron chi connectivity index (χ1n) is 5.06. The van der Waals surface area contributed by atoms with Crippen molar-refractivity contribution < 1.29 is 19.4 Å². The van der Waals surface area contributed by atoms with Gasteiger partial charge in [0.2, 0.25) is 5.88 Å². The third-order valence-electron chi connectivity index (χ3n) is 2.13. The number of methoxy groups -OCH3 is 1. The smallest absolute Gasteiger partial charge is 0.356 e. The van der Waals surface area contributed by atoms with Crippen LogP contribution < -0.4 is 9.47 Å². The fourth-order valence-electron chi connectivity index (χ4n) is 1.24. The molecule has 18 heavy (non-hydrogen) atoms. The monoisotopic (exact) mass is 246 g/mol. The zero-order chi connectivity index (χ0) is 13.0. The van der Waals surface area contributed by atoms with E-state index in [0.29, 0.717) is 5.75 Å². The van der Waals surface area contributed by atoms with Gasteiger partial charge in [0.05, 0.1) is 19.5 Å². The van der Waals surface area contributed by atoms with Crippen LogP contribution in [0.2, 0.25) is 0 Å². The van der Waals surface area contributed by atoms with E-state index in [2.05, 4.69) is 9.97 Å². The Morgan fingerprint density at radius 1 is 1.11 bits per heavy atom. The molecule has 6 nitrogen and oxygen atoms in total. The summed E-state index contributed by atoms with van der Waals surface area (Å²) in [4.78, 5) is 18.1. The zero-order valence-corrected chi connectivity index (χ0v) is 9.53. The van der Waals surface area contributed by atoms with E-state index >= 15 is 0 Å². The molecule has 0 bridgehead atoms. The van der Waals surface area contributed by atoms with Gasteiger partial charge in [0, 0.05) is 0 Å². The molecule has 1 heterocycles. The zero-order valence-electron chi connectivity index (χ0n) is 9.53. The van der Waals surface area contributed by atoms with Crippen LogP contribution in [-0.4, -0.2) is 28.2 Å². The van der Waals surface area contributed by atoms with Gasteiger partial charge in [-0.1, -0.05) is 0 Å². The number of carbonyl (C=O) groups is 1. The Kier molecular flexibility index (Phi) is 3.38. The first-order valence-corrected chi connectivity index (χ1v) is 5.06.